The van der Waals surface area contributed by atoms with Crippen LogP contribution in [0.4, 0.5) is 8.78 Å². The van der Waals surface area contributed by atoms with Gasteiger partial charge in [-0.1, -0.05) is 54.1 Å². The van der Waals surface area contributed by atoms with Crippen LogP contribution in [0.3, 0.4) is 0 Å². The molecule has 6 rings (SSSR count). The molecule has 0 bridgehead atoms. The van der Waals surface area contributed by atoms with E-state index >= 15 is 0 Å². The number of halogens is 3. The van der Waals surface area contributed by atoms with Crippen LogP contribution in [0.15, 0.2) is 107 Å². The maximum atomic E-state index is 14.9. The fraction of sp³-hybridized carbons (Fsp3) is 0.118. The molecule has 222 valence electrons. The van der Waals surface area contributed by atoms with Crippen molar-refractivity contribution in [1.29, 1.82) is 0 Å². The summed E-state index contributed by atoms with van der Waals surface area (Å²) in [7, 11) is 1.58. The Hall–Kier alpha value is -4.57. The van der Waals surface area contributed by atoms with E-state index in [-0.39, 0.29) is 23.2 Å². The van der Waals surface area contributed by atoms with Crippen molar-refractivity contribution in [3.8, 4) is 21.9 Å². The third kappa shape index (κ3) is 5.69. The van der Waals surface area contributed by atoms with Crippen LogP contribution in [0.2, 0.25) is 5.02 Å². The molecule has 0 aliphatic rings. The van der Waals surface area contributed by atoms with Crippen LogP contribution in [-0.4, -0.2) is 16.2 Å². The first-order valence-corrected chi connectivity index (χ1v) is 14.9. The summed E-state index contributed by atoms with van der Waals surface area (Å²) in [6.45, 7) is 0.393. The quantitative estimate of drug-likeness (QED) is 0.184. The van der Waals surface area contributed by atoms with E-state index in [0.29, 0.717) is 27.7 Å². The van der Waals surface area contributed by atoms with E-state index < -0.39 is 29.4 Å². The number of methoxy groups -OCH3 is 1. The first kappa shape index (κ1) is 29.5. The third-order valence-corrected chi connectivity index (χ3v) is 8.88. The maximum absolute atomic E-state index is 14.9. The lowest BCUT2D eigenvalue weighted by atomic mass is 10.1. The number of nitrogens with zero attached hydrogens (tertiary/aromatic N) is 2. The van der Waals surface area contributed by atoms with Crippen molar-refractivity contribution in [2.24, 2.45) is 0 Å². The van der Waals surface area contributed by atoms with Crippen molar-refractivity contribution in [1.82, 2.24) is 14.5 Å². The van der Waals surface area contributed by atoms with Gasteiger partial charge in [-0.25, -0.2) is 18.1 Å². The molecule has 0 atom stereocenters. The van der Waals surface area contributed by atoms with E-state index in [1.54, 1.807) is 25.3 Å². The second kappa shape index (κ2) is 12.6. The minimum atomic E-state index is -0.790. The predicted octanol–water partition coefficient (Wildman–Crippen LogP) is 7.16. The summed E-state index contributed by atoms with van der Waals surface area (Å²) >= 11 is 7.48. The van der Waals surface area contributed by atoms with Gasteiger partial charge in [0.1, 0.15) is 22.2 Å². The molecule has 2 heterocycles. The van der Waals surface area contributed by atoms with Gasteiger partial charge >= 0.3 is 5.69 Å². The minimum absolute atomic E-state index is 0.248. The fourth-order valence-electron chi connectivity index (χ4n) is 5.16. The number of fused-ring (bicyclic) bond motifs is 1. The average Bonchev–Trinajstić information content (AvgIpc) is 3.40. The number of rotatable bonds is 9. The fourth-order valence-corrected chi connectivity index (χ4v) is 6.66. The van der Waals surface area contributed by atoms with Crippen LogP contribution in [0, 0.1) is 11.6 Å². The summed E-state index contributed by atoms with van der Waals surface area (Å²) in [5, 5.41) is 4.04. The summed E-state index contributed by atoms with van der Waals surface area (Å²) in [6, 6.07) is 27.1. The monoisotopic (exact) mass is 629 g/mol. The molecule has 6 nitrogen and oxygen atoms in total. The van der Waals surface area contributed by atoms with Crippen LogP contribution >= 0.6 is 22.9 Å². The molecule has 0 fully saturated rings. The number of ether oxygens (including phenoxy) is 1. The minimum Gasteiger partial charge on any atom is -0.497 e. The first-order valence-electron chi connectivity index (χ1n) is 13.7. The molecule has 0 spiro atoms. The Morgan fingerprint density at radius 1 is 0.841 bits per heavy atom. The topological polar surface area (TPSA) is 65.3 Å². The molecule has 6 aromatic rings. The molecule has 2 aromatic heterocycles. The molecular formula is C34H26ClF2N3O3S. The Bertz CT molecular complexity index is 2070. The summed E-state index contributed by atoms with van der Waals surface area (Å²) in [6.07, 6.45) is 0. The Morgan fingerprint density at radius 2 is 1.55 bits per heavy atom. The molecule has 0 amide bonds. The number of nitrogens with one attached hydrogen (secondary N) is 1. The zero-order chi connectivity index (χ0) is 30.8. The SMILES string of the molecule is COc1ccc(-c2sc3c(c2CNCc2ccccc2)c(=O)n(-c2cccc(Cl)c2)c(=O)n3Cc2c(F)cccc2F)cc1. The molecule has 10 heteroatoms. The van der Waals surface area contributed by atoms with Gasteiger partial charge in [-0.15, -0.1) is 11.3 Å². The van der Waals surface area contributed by atoms with E-state index in [9.17, 15) is 18.4 Å². The number of thiophene rings is 1. The van der Waals surface area contributed by atoms with Gasteiger partial charge in [0.15, 0.2) is 0 Å². The summed E-state index contributed by atoms with van der Waals surface area (Å²) < 4.78 is 37.4. The summed E-state index contributed by atoms with van der Waals surface area (Å²) in [5.74, 6) is -0.918. The molecule has 0 radical (unpaired) electrons. The van der Waals surface area contributed by atoms with Crippen molar-refractivity contribution in [3.05, 3.63) is 151 Å². The lowest BCUT2D eigenvalue weighted by Gasteiger charge is -2.14. The van der Waals surface area contributed by atoms with Crippen LogP contribution in [0.1, 0.15) is 16.7 Å². The number of hydrogen-bond acceptors (Lipinski definition) is 5. The second-order valence-electron chi connectivity index (χ2n) is 10.1. The van der Waals surface area contributed by atoms with Crippen LogP contribution in [0.5, 0.6) is 5.75 Å². The first-order chi connectivity index (χ1) is 21.4. The molecule has 0 aliphatic carbocycles. The van der Waals surface area contributed by atoms with E-state index in [4.69, 9.17) is 16.3 Å². The third-order valence-electron chi connectivity index (χ3n) is 7.34. The number of aromatic nitrogens is 2. The standard InChI is InChI=1S/C34H26ClF2N3O3S/c1-43-25-15-13-22(14-16-25)31-26(19-38-18-21-7-3-2-4-8-21)30-32(41)40(24-10-5-9-23(35)17-24)34(42)39(33(30)44-31)20-27-28(36)11-6-12-29(27)37/h2-17,38H,18-20H2,1H3. The smallest absolute Gasteiger partial charge is 0.337 e. The lowest BCUT2D eigenvalue weighted by Crippen LogP contribution is -2.39. The lowest BCUT2D eigenvalue weighted by molar-refractivity contribution is 0.415. The molecule has 0 saturated carbocycles. The van der Waals surface area contributed by atoms with Crippen molar-refractivity contribution in [2.45, 2.75) is 19.6 Å². The number of benzene rings is 4. The van der Waals surface area contributed by atoms with Crippen molar-refractivity contribution in [3.63, 3.8) is 0 Å². The Kier molecular flexibility index (Phi) is 8.43. The normalized spacial score (nSPS) is 11.3. The average molecular weight is 630 g/mol. The highest BCUT2D eigenvalue weighted by molar-refractivity contribution is 7.22. The van der Waals surface area contributed by atoms with Crippen molar-refractivity contribution >= 4 is 33.2 Å². The predicted molar refractivity (Wildman–Crippen MR) is 171 cm³/mol. The van der Waals surface area contributed by atoms with E-state index in [2.05, 4.69) is 5.32 Å². The Balaban J connectivity index is 1.62. The van der Waals surface area contributed by atoms with Gasteiger partial charge in [-0.3, -0.25) is 9.36 Å². The molecule has 44 heavy (non-hydrogen) atoms. The van der Waals surface area contributed by atoms with E-state index in [1.807, 2.05) is 54.6 Å². The van der Waals surface area contributed by atoms with Gasteiger partial charge in [0.05, 0.1) is 24.7 Å². The summed E-state index contributed by atoms with van der Waals surface area (Å²) in [4.78, 5) is 29.5. The second-order valence-corrected chi connectivity index (χ2v) is 11.5. The highest BCUT2D eigenvalue weighted by atomic mass is 35.5. The van der Waals surface area contributed by atoms with Gasteiger partial charge in [-0.2, -0.15) is 0 Å². The highest BCUT2D eigenvalue weighted by Gasteiger charge is 2.25. The molecular weight excluding hydrogens is 604 g/mol. The van der Waals surface area contributed by atoms with Crippen LogP contribution in [0.25, 0.3) is 26.3 Å². The van der Waals surface area contributed by atoms with Crippen molar-refractivity contribution in [2.75, 3.05) is 7.11 Å². The highest BCUT2D eigenvalue weighted by Crippen LogP contribution is 2.38. The maximum Gasteiger partial charge on any atom is 0.337 e. The van der Waals surface area contributed by atoms with Crippen LogP contribution < -0.4 is 21.3 Å². The molecule has 0 unspecified atom stereocenters. The van der Waals surface area contributed by atoms with Gasteiger partial charge < -0.3 is 10.1 Å². The number of hydrogen-bond donors (Lipinski definition) is 1. The molecule has 0 aliphatic heterocycles. The van der Waals surface area contributed by atoms with E-state index in [0.717, 1.165) is 32.7 Å². The molecule has 4 aromatic carbocycles. The van der Waals surface area contributed by atoms with Gasteiger partial charge in [0.2, 0.25) is 0 Å². The molecule has 1 N–H and O–H groups in total. The molecule has 0 saturated heterocycles. The van der Waals surface area contributed by atoms with Crippen LogP contribution in [-0.2, 0) is 19.6 Å². The van der Waals surface area contributed by atoms with E-state index in [1.165, 1.54) is 28.0 Å². The zero-order valence-electron chi connectivity index (χ0n) is 23.5. The van der Waals surface area contributed by atoms with Crippen molar-refractivity contribution < 1.29 is 13.5 Å². The van der Waals surface area contributed by atoms with Gasteiger partial charge in [0, 0.05) is 28.6 Å². The van der Waals surface area contributed by atoms with Gasteiger partial charge in [0.25, 0.3) is 5.56 Å². The zero-order valence-corrected chi connectivity index (χ0v) is 25.1. The largest absolute Gasteiger partial charge is 0.497 e. The Morgan fingerprint density at radius 3 is 2.23 bits per heavy atom. The van der Waals surface area contributed by atoms with Gasteiger partial charge in [-0.05, 0) is 71.3 Å². The summed E-state index contributed by atoms with van der Waals surface area (Å²) in [5.41, 5.74) is 1.20. The Labute approximate surface area is 260 Å².